The van der Waals surface area contributed by atoms with Gasteiger partial charge in [-0.05, 0) is 18.9 Å². The molecule has 1 atom stereocenters. The fourth-order valence-corrected chi connectivity index (χ4v) is 3.25. The van der Waals surface area contributed by atoms with Crippen LogP contribution in [-0.4, -0.2) is 33.4 Å². The van der Waals surface area contributed by atoms with Crippen molar-refractivity contribution in [1.82, 2.24) is 14.1 Å². The summed E-state index contributed by atoms with van der Waals surface area (Å²) in [4.78, 5) is 30.3. The van der Waals surface area contributed by atoms with Crippen LogP contribution in [0.3, 0.4) is 0 Å². The molecule has 130 valence electrons. The molecule has 1 fully saturated rings. The summed E-state index contributed by atoms with van der Waals surface area (Å²) >= 11 is 0. The van der Waals surface area contributed by atoms with Crippen LogP contribution in [0.4, 0.5) is 18.9 Å². The van der Waals surface area contributed by atoms with Gasteiger partial charge in [0.2, 0.25) is 0 Å². The predicted octanol–water partition coefficient (Wildman–Crippen LogP) is 1.33. The maximum Gasteiger partial charge on any atom is 0.393 e. The molecule has 1 aliphatic heterocycles. The van der Waals surface area contributed by atoms with Gasteiger partial charge in [0.05, 0.1) is 11.6 Å². The number of anilines is 1. The van der Waals surface area contributed by atoms with Crippen molar-refractivity contribution in [3.8, 4) is 0 Å². The lowest BCUT2D eigenvalue weighted by Gasteiger charge is -2.23. The second-order valence-corrected chi connectivity index (χ2v) is 6.17. The van der Waals surface area contributed by atoms with E-state index >= 15 is 0 Å². The van der Waals surface area contributed by atoms with Gasteiger partial charge in [0.25, 0.3) is 5.56 Å². The van der Waals surface area contributed by atoms with Crippen LogP contribution in [0.1, 0.15) is 12.0 Å². The lowest BCUT2D eigenvalue weighted by Crippen LogP contribution is -2.38. The molecule has 1 unspecified atom stereocenters. The molecule has 24 heavy (non-hydrogen) atoms. The monoisotopic (exact) mass is 342 g/mol. The third-order valence-electron chi connectivity index (χ3n) is 4.59. The van der Waals surface area contributed by atoms with Crippen LogP contribution in [0.25, 0.3) is 11.0 Å². The highest BCUT2D eigenvalue weighted by atomic mass is 19.4. The van der Waals surface area contributed by atoms with E-state index in [1.54, 1.807) is 11.8 Å². The number of hydrogen-bond donors (Lipinski definition) is 0. The predicted molar refractivity (Wildman–Crippen MR) is 83.3 cm³/mol. The van der Waals surface area contributed by atoms with E-state index in [1.807, 2.05) is 0 Å². The molecule has 2 aromatic rings. The molecular weight excluding hydrogens is 325 g/mol. The molecule has 1 saturated heterocycles. The fraction of sp³-hybridized carbons (Fsp3) is 0.533. The molecule has 0 amide bonds. The Morgan fingerprint density at radius 2 is 1.88 bits per heavy atom. The minimum Gasteiger partial charge on any atom is -0.370 e. The van der Waals surface area contributed by atoms with Gasteiger partial charge < -0.3 is 4.90 Å². The molecule has 0 radical (unpaired) electrons. The Morgan fingerprint density at radius 1 is 1.21 bits per heavy atom. The average Bonchev–Trinajstić information content (AvgIpc) is 3.00. The van der Waals surface area contributed by atoms with E-state index in [0.717, 1.165) is 4.57 Å². The Morgan fingerprint density at radius 3 is 2.46 bits per heavy atom. The third-order valence-corrected chi connectivity index (χ3v) is 4.59. The standard InChI is InChI=1S/C15H17F3N4O2/c1-8-6-19-12-10(13(23)21(3)14(24)20(12)2)11(8)22-5-4-9(7-22)15(16,17)18/h6,9H,4-5,7H2,1-3H3. The Balaban J connectivity index is 2.24. The van der Waals surface area contributed by atoms with Gasteiger partial charge in [-0.25, -0.2) is 9.78 Å². The van der Waals surface area contributed by atoms with E-state index in [2.05, 4.69) is 4.98 Å². The van der Waals surface area contributed by atoms with Crippen molar-refractivity contribution in [2.75, 3.05) is 18.0 Å². The van der Waals surface area contributed by atoms with Crippen molar-refractivity contribution in [2.45, 2.75) is 19.5 Å². The van der Waals surface area contributed by atoms with Gasteiger partial charge in [0.1, 0.15) is 5.39 Å². The molecule has 0 aliphatic carbocycles. The zero-order valence-electron chi connectivity index (χ0n) is 13.5. The first-order valence-electron chi connectivity index (χ1n) is 7.50. The van der Waals surface area contributed by atoms with Gasteiger partial charge in [0.15, 0.2) is 5.65 Å². The second kappa shape index (κ2) is 5.35. The maximum atomic E-state index is 13.0. The molecule has 0 aromatic carbocycles. The molecule has 9 heteroatoms. The number of hydrogen-bond acceptors (Lipinski definition) is 4. The number of pyridine rings is 1. The van der Waals surface area contributed by atoms with Crippen LogP contribution in [-0.2, 0) is 14.1 Å². The number of aryl methyl sites for hydroxylation is 2. The van der Waals surface area contributed by atoms with Gasteiger partial charge in [-0.2, -0.15) is 13.2 Å². The number of rotatable bonds is 1. The summed E-state index contributed by atoms with van der Waals surface area (Å²) in [6.45, 7) is 1.71. The number of halogens is 3. The molecule has 3 rings (SSSR count). The molecule has 0 spiro atoms. The largest absolute Gasteiger partial charge is 0.393 e. The average molecular weight is 342 g/mol. The molecule has 2 aromatic heterocycles. The van der Waals surface area contributed by atoms with E-state index in [-0.39, 0.29) is 30.5 Å². The van der Waals surface area contributed by atoms with Gasteiger partial charge in [-0.15, -0.1) is 0 Å². The van der Waals surface area contributed by atoms with Crippen molar-refractivity contribution >= 4 is 16.7 Å². The van der Waals surface area contributed by atoms with E-state index < -0.39 is 23.3 Å². The quantitative estimate of drug-likeness (QED) is 0.785. The van der Waals surface area contributed by atoms with E-state index in [1.165, 1.54) is 24.9 Å². The molecule has 0 bridgehead atoms. The highest BCUT2D eigenvalue weighted by Gasteiger charge is 2.44. The first kappa shape index (κ1) is 16.5. The fourth-order valence-electron chi connectivity index (χ4n) is 3.25. The normalized spacial score (nSPS) is 18.6. The minimum absolute atomic E-state index is 0.0150. The molecule has 6 nitrogen and oxygen atoms in total. The molecule has 0 saturated carbocycles. The van der Waals surface area contributed by atoms with Gasteiger partial charge >= 0.3 is 11.9 Å². The number of aromatic nitrogens is 3. The van der Waals surface area contributed by atoms with E-state index in [0.29, 0.717) is 11.3 Å². The zero-order valence-corrected chi connectivity index (χ0v) is 13.5. The summed E-state index contributed by atoms with van der Waals surface area (Å²) < 4.78 is 41.1. The molecule has 0 N–H and O–H groups in total. The van der Waals surface area contributed by atoms with Crippen LogP contribution < -0.4 is 16.1 Å². The van der Waals surface area contributed by atoms with Gasteiger partial charge in [-0.3, -0.25) is 13.9 Å². The minimum atomic E-state index is -4.26. The highest BCUT2D eigenvalue weighted by Crippen LogP contribution is 2.37. The summed E-state index contributed by atoms with van der Waals surface area (Å²) in [6.07, 6.45) is -2.79. The first-order chi connectivity index (χ1) is 11.1. The smallest absolute Gasteiger partial charge is 0.370 e. The van der Waals surface area contributed by atoms with E-state index in [4.69, 9.17) is 0 Å². The SMILES string of the molecule is Cc1cnc2c(c1N1CCC(C(F)(F)F)C1)c(=O)n(C)c(=O)n2C. The van der Waals surface area contributed by atoms with Crippen molar-refractivity contribution < 1.29 is 13.2 Å². The summed E-state index contributed by atoms with van der Waals surface area (Å²) in [7, 11) is 2.83. The van der Waals surface area contributed by atoms with Gasteiger partial charge in [-0.1, -0.05) is 0 Å². The Bertz CT molecular complexity index is 929. The van der Waals surface area contributed by atoms with Gasteiger partial charge in [0, 0.05) is 33.4 Å². The second-order valence-electron chi connectivity index (χ2n) is 6.17. The topological polar surface area (TPSA) is 60.1 Å². The Labute approximate surface area is 135 Å². The maximum absolute atomic E-state index is 13.0. The van der Waals surface area contributed by atoms with Crippen molar-refractivity contribution in [2.24, 2.45) is 20.0 Å². The van der Waals surface area contributed by atoms with Crippen LogP contribution in [0, 0.1) is 12.8 Å². The highest BCUT2D eigenvalue weighted by molar-refractivity contribution is 5.90. The Kier molecular flexibility index (Phi) is 3.69. The van der Waals surface area contributed by atoms with Crippen molar-refractivity contribution in [3.05, 3.63) is 32.6 Å². The molecule has 1 aliphatic rings. The lowest BCUT2D eigenvalue weighted by molar-refractivity contribution is -0.168. The molecular formula is C15H17F3N4O2. The van der Waals surface area contributed by atoms with Crippen LogP contribution in [0.2, 0.25) is 0 Å². The lowest BCUT2D eigenvalue weighted by atomic mass is 10.1. The van der Waals surface area contributed by atoms with Crippen LogP contribution in [0.5, 0.6) is 0 Å². The molecule has 3 heterocycles. The Hall–Kier alpha value is -2.32. The zero-order chi connectivity index (χ0) is 17.8. The number of nitrogens with zero attached hydrogens (tertiary/aromatic N) is 4. The summed E-state index contributed by atoms with van der Waals surface area (Å²) in [5.74, 6) is -1.42. The third kappa shape index (κ3) is 2.38. The number of alkyl halides is 3. The van der Waals surface area contributed by atoms with E-state index in [9.17, 15) is 22.8 Å². The van der Waals surface area contributed by atoms with Crippen molar-refractivity contribution in [1.29, 1.82) is 0 Å². The first-order valence-corrected chi connectivity index (χ1v) is 7.50. The summed E-state index contributed by atoms with van der Waals surface area (Å²) in [5, 5.41) is 0.183. The summed E-state index contributed by atoms with van der Waals surface area (Å²) in [5.41, 5.74) is 0.155. The summed E-state index contributed by atoms with van der Waals surface area (Å²) in [6, 6.07) is 0. The van der Waals surface area contributed by atoms with Crippen molar-refractivity contribution in [3.63, 3.8) is 0 Å². The van der Waals surface area contributed by atoms with Crippen LogP contribution in [0.15, 0.2) is 15.8 Å². The number of fused-ring (bicyclic) bond motifs is 1. The van der Waals surface area contributed by atoms with Crippen LogP contribution >= 0.6 is 0 Å².